The largest absolute Gasteiger partial charge is 0.462 e. The average molecular weight is 761 g/mol. The fraction of sp³-hybridized carbons (Fsp3) is 0.600. The predicted octanol–water partition coefficient (Wildman–Crippen LogP) is 14.2. The van der Waals surface area contributed by atoms with E-state index in [2.05, 4.69) is 123 Å². The Morgan fingerprint density at radius 1 is 0.436 bits per heavy atom. The highest BCUT2D eigenvalue weighted by atomic mass is 16.6. The molecule has 1 N–H and O–H groups in total. The predicted molar refractivity (Wildman–Crippen MR) is 237 cm³/mol. The molecular weight excluding hydrogens is 681 g/mol. The van der Waals surface area contributed by atoms with Crippen LogP contribution in [0.4, 0.5) is 0 Å². The number of unbranched alkanes of at least 4 members (excludes halogenated alkanes) is 12. The van der Waals surface area contributed by atoms with Crippen molar-refractivity contribution < 1.29 is 24.2 Å². The van der Waals surface area contributed by atoms with E-state index >= 15 is 0 Å². The summed E-state index contributed by atoms with van der Waals surface area (Å²) in [4.78, 5) is 24.3. The van der Waals surface area contributed by atoms with E-state index < -0.39 is 6.10 Å². The first-order valence-corrected chi connectivity index (χ1v) is 21.9. The van der Waals surface area contributed by atoms with E-state index in [0.29, 0.717) is 12.8 Å². The van der Waals surface area contributed by atoms with Gasteiger partial charge in [0.2, 0.25) is 0 Å². The van der Waals surface area contributed by atoms with E-state index in [1.165, 1.54) is 57.8 Å². The van der Waals surface area contributed by atoms with Crippen molar-refractivity contribution in [1.29, 1.82) is 0 Å². The second-order valence-electron chi connectivity index (χ2n) is 14.0. The average Bonchev–Trinajstić information content (AvgIpc) is 3.19. The van der Waals surface area contributed by atoms with Gasteiger partial charge in [-0.05, 0) is 77.0 Å². The third-order valence-electron chi connectivity index (χ3n) is 8.83. The molecule has 0 spiro atoms. The van der Waals surface area contributed by atoms with Gasteiger partial charge in [-0.2, -0.15) is 0 Å². The SMILES string of the molecule is CC/C=C\C/C=C\C/C=C\C/C=C\C/C=C\C/C=C\C/C=C\C/C=C\C/C=C\CCCC(=O)OC(CO)COC(=O)CCCCCCCCCCCCCC. The van der Waals surface area contributed by atoms with Gasteiger partial charge >= 0.3 is 11.9 Å². The summed E-state index contributed by atoms with van der Waals surface area (Å²) in [6.07, 6.45) is 64.5. The molecule has 0 aliphatic heterocycles. The number of hydrogen-bond donors (Lipinski definition) is 1. The van der Waals surface area contributed by atoms with Gasteiger partial charge in [-0.15, -0.1) is 0 Å². The number of aliphatic hydroxyl groups excluding tert-OH is 1. The molecule has 0 aromatic carbocycles. The van der Waals surface area contributed by atoms with Crippen LogP contribution in [0.25, 0.3) is 0 Å². The molecule has 0 aromatic rings. The third kappa shape index (κ3) is 43.2. The first kappa shape index (κ1) is 51.6. The van der Waals surface area contributed by atoms with Crippen LogP contribution >= 0.6 is 0 Å². The molecule has 0 fully saturated rings. The molecule has 0 amide bonds. The van der Waals surface area contributed by atoms with E-state index in [1.54, 1.807) is 0 Å². The van der Waals surface area contributed by atoms with Gasteiger partial charge in [0, 0.05) is 12.8 Å². The number of aliphatic hydroxyl groups is 1. The molecule has 5 heteroatoms. The van der Waals surface area contributed by atoms with E-state index in [4.69, 9.17) is 9.47 Å². The monoisotopic (exact) mass is 761 g/mol. The molecule has 0 radical (unpaired) electrons. The van der Waals surface area contributed by atoms with Crippen LogP contribution in [0, 0.1) is 0 Å². The lowest BCUT2D eigenvalue weighted by atomic mass is 10.0. The first-order valence-electron chi connectivity index (χ1n) is 21.9. The second-order valence-corrected chi connectivity index (χ2v) is 14.0. The summed E-state index contributed by atoms with van der Waals surface area (Å²) < 4.78 is 10.6. The number of ether oxygens (including phenoxy) is 2. The lowest BCUT2D eigenvalue weighted by molar-refractivity contribution is -0.161. The molecular formula is C50H80O5. The van der Waals surface area contributed by atoms with Crippen molar-refractivity contribution >= 4 is 11.9 Å². The van der Waals surface area contributed by atoms with Gasteiger partial charge in [0.25, 0.3) is 0 Å². The summed E-state index contributed by atoms with van der Waals surface area (Å²) in [6.45, 7) is 3.96. The second kappa shape index (κ2) is 45.0. The quantitative estimate of drug-likeness (QED) is 0.0385. The molecule has 1 atom stereocenters. The minimum atomic E-state index is -0.807. The van der Waals surface area contributed by atoms with Crippen molar-refractivity contribution in [3.8, 4) is 0 Å². The Labute approximate surface area is 338 Å². The molecule has 0 aromatic heterocycles. The van der Waals surface area contributed by atoms with Crippen molar-refractivity contribution in [1.82, 2.24) is 0 Å². The number of esters is 2. The van der Waals surface area contributed by atoms with Gasteiger partial charge in [0.05, 0.1) is 6.61 Å². The summed E-state index contributed by atoms with van der Waals surface area (Å²) in [6, 6.07) is 0. The molecule has 310 valence electrons. The smallest absolute Gasteiger partial charge is 0.306 e. The number of allylic oxidation sites excluding steroid dienone is 18. The number of hydrogen-bond acceptors (Lipinski definition) is 5. The van der Waals surface area contributed by atoms with Crippen LogP contribution in [0.15, 0.2) is 109 Å². The van der Waals surface area contributed by atoms with Crippen molar-refractivity contribution in [3.05, 3.63) is 109 Å². The van der Waals surface area contributed by atoms with Crippen molar-refractivity contribution in [3.63, 3.8) is 0 Å². The first-order chi connectivity index (χ1) is 27.1. The fourth-order valence-corrected chi connectivity index (χ4v) is 5.55. The number of carbonyl (C=O) groups is 2. The van der Waals surface area contributed by atoms with E-state index in [1.807, 2.05) is 0 Å². The Hall–Kier alpha value is -3.44. The minimum Gasteiger partial charge on any atom is -0.462 e. The molecule has 0 saturated carbocycles. The summed E-state index contributed by atoms with van der Waals surface area (Å²) in [5, 5.41) is 9.56. The fourth-order valence-electron chi connectivity index (χ4n) is 5.55. The maximum Gasteiger partial charge on any atom is 0.306 e. The van der Waals surface area contributed by atoms with E-state index in [-0.39, 0.29) is 31.6 Å². The van der Waals surface area contributed by atoms with Gasteiger partial charge in [0.15, 0.2) is 6.10 Å². The maximum absolute atomic E-state index is 12.2. The Morgan fingerprint density at radius 2 is 0.782 bits per heavy atom. The number of carbonyl (C=O) groups excluding carboxylic acids is 2. The topological polar surface area (TPSA) is 72.8 Å². The molecule has 55 heavy (non-hydrogen) atoms. The molecule has 5 nitrogen and oxygen atoms in total. The van der Waals surface area contributed by atoms with Gasteiger partial charge in [0.1, 0.15) is 6.61 Å². The highest BCUT2D eigenvalue weighted by molar-refractivity contribution is 5.70. The van der Waals surface area contributed by atoms with Crippen LogP contribution in [0.3, 0.4) is 0 Å². The van der Waals surface area contributed by atoms with Crippen LogP contribution in [-0.2, 0) is 19.1 Å². The summed E-state index contributed by atoms with van der Waals surface area (Å²) in [5.74, 6) is -0.669. The Morgan fingerprint density at radius 3 is 1.16 bits per heavy atom. The molecule has 0 bridgehead atoms. The third-order valence-corrected chi connectivity index (χ3v) is 8.83. The molecule has 0 rings (SSSR count). The van der Waals surface area contributed by atoms with Crippen molar-refractivity contribution in [2.45, 2.75) is 180 Å². The highest BCUT2D eigenvalue weighted by Gasteiger charge is 2.15. The van der Waals surface area contributed by atoms with Crippen molar-refractivity contribution in [2.24, 2.45) is 0 Å². The van der Waals surface area contributed by atoms with Gasteiger partial charge in [-0.1, -0.05) is 194 Å². The van der Waals surface area contributed by atoms with Gasteiger partial charge in [-0.25, -0.2) is 0 Å². The van der Waals surface area contributed by atoms with Crippen LogP contribution in [0.1, 0.15) is 174 Å². The Balaban J connectivity index is 3.73. The molecule has 1 unspecified atom stereocenters. The normalized spacial score (nSPS) is 13.3. The molecule has 0 aliphatic carbocycles. The highest BCUT2D eigenvalue weighted by Crippen LogP contribution is 2.13. The van der Waals surface area contributed by atoms with Crippen LogP contribution in [0.5, 0.6) is 0 Å². The molecule has 0 aliphatic rings. The van der Waals surface area contributed by atoms with E-state index in [0.717, 1.165) is 83.5 Å². The lowest BCUT2D eigenvalue weighted by Crippen LogP contribution is -2.28. The molecule has 0 saturated heterocycles. The van der Waals surface area contributed by atoms with Gasteiger partial charge in [-0.3, -0.25) is 9.59 Å². The molecule has 0 heterocycles. The Kier molecular flexibility index (Phi) is 42.1. The van der Waals surface area contributed by atoms with Gasteiger partial charge < -0.3 is 14.6 Å². The van der Waals surface area contributed by atoms with Crippen LogP contribution < -0.4 is 0 Å². The zero-order chi connectivity index (χ0) is 40.0. The van der Waals surface area contributed by atoms with Crippen LogP contribution in [-0.4, -0.2) is 36.4 Å². The number of rotatable bonds is 38. The van der Waals surface area contributed by atoms with E-state index in [9.17, 15) is 14.7 Å². The minimum absolute atomic E-state index is 0.0940. The Bertz CT molecular complexity index is 1130. The summed E-state index contributed by atoms with van der Waals surface area (Å²) in [5.41, 5.74) is 0. The maximum atomic E-state index is 12.2. The summed E-state index contributed by atoms with van der Waals surface area (Å²) in [7, 11) is 0. The van der Waals surface area contributed by atoms with Crippen molar-refractivity contribution in [2.75, 3.05) is 13.2 Å². The lowest BCUT2D eigenvalue weighted by Gasteiger charge is -2.15. The summed E-state index contributed by atoms with van der Waals surface area (Å²) >= 11 is 0. The zero-order valence-electron chi connectivity index (χ0n) is 35.1. The zero-order valence-corrected chi connectivity index (χ0v) is 35.1. The van der Waals surface area contributed by atoms with Crippen LogP contribution in [0.2, 0.25) is 0 Å². The standard InChI is InChI=1S/C50H80O5/c1-3-5-7-9-11-13-15-17-18-19-20-21-22-23-24-25-26-27-28-29-30-31-32-33-35-37-39-41-43-45-50(53)55-48(46-51)47-54-49(52)44-42-40-38-36-34-16-14-12-10-8-6-4-2/h5,7,11,13,17-18,20-21,23-24,26-27,29-30,32-33,37,39,48,51H,3-4,6,8-10,12,14-16,19,22,25,28,31,34-36,38,40-47H2,1-2H3/b7-5-,13-11-,18-17-,21-20-,24-23-,27-26-,30-29-,33-32-,39-37-.